The summed E-state index contributed by atoms with van der Waals surface area (Å²) in [5.41, 5.74) is 0. The summed E-state index contributed by atoms with van der Waals surface area (Å²) in [6, 6.07) is 0. The number of ether oxygens (including phenoxy) is 4. The predicted molar refractivity (Wildman–Crippen MR) is 302 cm³/mol. The lowest BCUT2D eigenvalue weighted by Gasteiger charge is -2.39. The molecule has 1 aliphatic rings. The van der Waals surface area contributed by atoms with Crippen LogP contribution in [-0.2, 0) is 23.7 Å². The summed E-state index contributed by atoms with van der Waals surface area (Å²) in [5.74, 6) is -0.309. The summed E-state index contributed by atoms with van der Waals surface area (Å²) < 4.78 is 23.0. The lowest BCUT2D eigenvalue weighted by Crippen LogP contribution is -2.59. The van der Waals surface area contributed by atoms with E-state index in [0.29, 0.717) is 13.0 Å². The summed E-state index contributed by atoms with van der Waals surface area (Å²) in [5, 5.41) is 40.4. The van der Waals surface area contributed by atoms with Crippen LogP contribution in [0.1, 0.15) is 296 Å². The maximum Gasteiger partial charge on any atom is 0.306 e. The fraction of sp³-hybridized carbons (Fsp3) is 0.889. The van der Waals surface area contributed by atoms with E-state index in [-0.39, 0.29) is 19.2 Å². The van der Waals surface area contributed by atoms with Crippen LogP contribution in [0.25, 0.3) is 0 Å². The molecule has 1 aliphatic heterocycles. The number of unbranched alkanes of at least 4 members (excludes halogenated alkanes) is 38. The Morgan fingerprint density at radius 2 is 0.806 bits per heavy atom. The van der Waals surface area contributed by atoms with Gasteiger partial charge in [-0.25, -0.2) is 0 Å². The minimum atomic E-state index is -1.54. The molecule has 72 heavy (non-hydrogen) atoms. The van der Waals surface area contributed by atoms with Gasteiger partial charge in [-0.1, -0.05) is 256 Å². The van der Waals surface area contributed by atoms with Crippen molar-refractivity contribution < 1.29 is 44.2 Å². The van der Waals surface area contributed by atoms with Crippen LogP contribution in [0.3, 0.4) is 0 Å². The van der Waals surface area contributed by atoms with Gasteiger partial charge in [-0.3, -0.25) is 4.79 Å². The number of rotatable bonds is 55. The van der Waals surface area contributed by atoms with Crippen molar-refractivity contribution in [2.45, 2.75) is 333 Å². The van der Waals surface area contributed by atoms with Crippen molar-refractivity contribution >= 4 is 5.97 Å². The van der Waals surface area contributed by atoms with Crippen molar-refractivity contribution in [1.82, 2.24) is 0 Å². The van der Waals surface area contributed by atoms with Crippen molar-refractivity contribution in [1.29, 1.82) is 0 Å². The summed E-state index contributed by atoms with van der Waals surface area (Å²) in [6.07, 6.45) is 62.0. The number of hydrogen-bond acceptors (Lipinski definition) is 9. The van der Waals surface area contributed by atoms with E-state index in [1.54, 1.807) is 0 Å². The zero-order valence-corrected chi connectivity index (χ0v) is 47.2. The molecule has 0 bridgehead atoms. The molecular formula is C63H118O9. The standard InChI is InChI=1S/C63H118O9/c1-3-5-7-9-11-13-15-17-19-21-23-25-27-28-29-31-33-35-37-39-41-43-45-47-49-51-53-69-55-57(56-70-63-62(68)61(67)60(66)58(54-64)72-63)71-59(65)52-50-48-46-44-42-40-38-36-34-32-30-26-24-22-20-18-16-14-12-10-8-6-4-2/h15,17,21-24,57-58,60-64,66-68H,3-14,16,18-20,25-56H2,1-2H3/b17-15-,23-21-,24-22-. The Balaban J connectivity index is 2.12. The van der Waals surface area contributed by atoms with Crippen molar-refractivity contribution in [2.75, 3.05) is 26.4 Å². The molecule has 1 heterocycles. The number of hydrogen-bond donors (Lipinski definition) is 4. The quantitative estimate of drug-likeness (QED) is 0.0267. The van der Waals surface area contributed by atoms with E-state index in [4.69, 9.17) is 18.9 Å². The van der Waals surface area contributed by atoms with Gasteiger partial charge < -0.3 is 39.4 Å². The van der Waals surface area contributed by atoms with Gasteiger partial charge in [0.1, 0.15) is 30.5 Å². The molecule has 9 nitrogen and oxygen atoms in total. The molecule has 6 atom stereocenters. The normalized spacial score (nSPS) is 18.9. The molecule has 6 unspecified atom stereocenters. The first kappa shape index (κ1) is 68.4. The fourth-order valence-corrected chi connectivity index (χ4v) is 9.70. The highest BCUT2D eigenvalue weighted by Crippen LogP contribution is 2.23. The number of allylic oxidation sites excluding steroid dienone is 6. The predicted octanol–water partition coefficient (Wildman–Crippen LogP) is 16.6. The summed E-state index contributed by atoms with van der Waals surface area (Å²) in [4.78, 5) is 12.9. The highest BCUT2D eigenvalue weighted by Gasteiger charge is 2.44. The monoisotopic (exact) mass is 1020 g/mol. The molecular weight excluding hydrogens is 901 g/mol. The van der Waals surface area contributed by atoms with E-state index >= 15 is 0 Å². The molecule has 1 fully saturated rings. The molecule has 0 amide bonds. The van der Waals surface area contributed by atoms with Gasteiger partial charge in [0, 0.05) is 13.0 Å². The molecule has 0 spiro atoms. The van der Waals surface area contributed by atoms with Crippen LogP contribution in [0.5, 0.6) is 0 Å². The maximum atomic E-state index is 12.9. The van der Waals surface area contributed by atoms with Crippen molar-refractivity contribution in [3.05, 3.63) is 36.5 Å². The summed E-state index contributed by atoms with van der Waals surface area (Å²) >= 11 is 0. The second-order valence-corrected chi connectivity index (χ2v) is 21.5. The Kier molecular flexibility index (Phi) is 51.5. The van der Waals surface area contributed by atoms with Crippen LogP contribution in [0.15, 0.2) is 36.5 Å². The zero-order chi connectivity index (χ0) is 52.1. The lowest BCUT2D eigenvalue weighted by molar-refractivity contribution is -0.305. The van der Waals surface area contributed by atoms with Gasteiger partial charge in [0.15, 0.2) is 6.29 Å². The number of esters is 1. The van der Waals surface area contributed by atoms with Gasteiger partial charge in [-0.15, -0.1) is 0 Å². The van der Waals surface area contributed by atoms with E-state index in [9.17, 15) is 25.2 Å². The number of aliphatic hydroxyl groups excluding tert-OH is 4. The second-order valence-electron chi connectivity index (χ2n) is 21.5. The summed E-state index contributed by atoms with van der Waals surface area (Å²) in [6.45, 7) is 4.60. The van der Waals surface area contributed by atoms with Crippen LogP contribution >= 0.6 is 0 Å². The number of aliphatic hydroxyl groups is 4. The lowest BCUT2D eigenvalue weighted by atomic mass is 9.99. The first-order chi connectivity index (χ1) is 35.4. The maximum absolute atomic E-state index is 12.9. The molecule has 0 saturated carbocycles. The van der Waals surface area contributed by atoms with Gasteiger partial charge in [0.25, 0.3) is 0 Å². The molecule has 1 rings (SSSR count). The smallest absolute Gasteiger partial charge is 0.306 e. The molecule has 0 aromatic rings. The van der Waals surface area contributed by atoms with Gasteiger partial charge in [0.2, 0.25) is 0 Å². The highest BCUT2D eigenvalue weighted by molar-refractivity contribution is 5.69. The third-order valence-electron chi connectivity index (χ3n) is 14.5. The first-order valence-electron chi connectivity index (χ1n) is 31.1. The summed E-state index contributed by atoms with van der Waals surface area (Å²) in [7, 11) is 0. The Labute approximate surface area is 444 Å². The van der Waals surface area contributed by atoms with E-state index in [2.05, 4.69) is 50.3 Å². The van der Waals surface area contributed by atoms with E-state index in [0.717, 1.165) is 38.5 Å². The second kappa shape index (κ2) is 54.2. The molecule has 0 radical (unpaired) electrons. The van der Waals surface area contributed by atoms with Crippen LogP contribution in [0.2, 0.25) is 0 Å². The molecule has 0 aromatic carbocycles. The third kappa shape index (κ3) is 43.6. The van der Waals surface area contributed by atoms with Crippen LogP contribution < -0.4 is 0 Å². The average molecular weight is 1020 g/mol. The first-order valence-corrected chi connectivity index (χ1v) is 31.1. The number of carbonyl (C=O) groups is 1. The van der Waals surface area contributed by atoms with Crippen molar-refractivity contribution in [3.8, 4) is 0 Å². The third-order valence-corrected chi connectivity index (χ3v) is 14.5. The van der Waals surface area contributed by atoms with E-state index in [1.165, 1.54) is 238 Å². The van der Waals surface area contributed by atoms with Gasteiger partial charge in [-0.05, 0) is 70.6 Å². The minimum absolute atomic E-state index is 0.111. The Hall–Kier alpha value is -1.59. The Bertz CT molecular complexity index is 1210. The van der Waals surface area contributed by atoms with E-state index in [1.807, 2.05) is 0 Å². The molecule has 1 saturated heterocycles. The van der Waals surface area contributed by atoms with Crippen LogP contribution in [0, 0.1) is 0 Å². The van der Waals surface area contributed by atoms with Gasteiger partial charge in [0.05, 0.1) is 19.8 Å². The average Bonchev–Trinajstić information content (AvgIpc) is 3.38. The highest BCUT2D eigenvalue weighted by atomic mass is 16.7. The number of carbonyl (C=O) groups excluding carboxylic acids is 1. The SMILES string of the molecule is CCCCCCC/C=C\C/C=C\CCCCCCCCCCCCCCCCOCC(COC1OC(CO)C(O)C(O)C1O)OC(=O)CCCCCCCCCCCCC/C=C\CCCCCCCCCC. The van der Waals surface area contributed by atoms with Crippen molar-refractivity contribution in [2.24, 2.45) is 0 Å². The molecule has 424 valence electrons. The molecule has 0 aliphatic carbocycles. The van der Waals surface area contributed by atoms with Crippen LogP contribution in [-0.4, -0.2) is 89.6 Å². The minimum Gasteiger partial charge on any atom is -0.457 e. The van der Waals surface area contributed by atoms with Crippen molar-refractivity contribution in [3.63, 3.8) is 0 Å². The topological polar surface area (TPSA) is 135 Å². The molecule has 9 heteroatoms. The van der Waals surface area contributed by atoms with E-state index < -0.39 is 43.4 Å². The largest absolute Gasteiger partial charge is 0.457 e. The van der Waals surface area contributed by atoms with Gasteiger partial charge in [-0.2, -0.15) is 0 Å². The molecule has 4 N–H and O–H groups in total. The zero-order valence-electron chi connectivity index (χ0n) is 47.2. The van der Waals surface area contributed by atoms with Gasteiger partial charge >= 0.3 is 5.97 Å². The Morgan fingerprint density at radius 3 is 1.21 bits per heavy atom. The van der Waals surface area contributed by atoms with Crippen LogP contribution in [0.4, 0.5) is 0 Å². The fourth-order valence-electron chi connectivity index (χ4n) is 9.70. The molecule has 0 aromatic heterocycles. The Morgan fingerprint density at radius 1 is 0.444 bits per heavy atom.